The molecular weight excluding hydrogens is 250 g/mol. The highest BCUT2D eigenvalue weighted by Gasteiger charge is 2.23. The highest BCUT2D eigenvalue weighted by molar-refractivity contribution is 5.76. The summed E-state index contributed by atoms with van der Waals surface area (Å²) in [6, 6.07) is 0.301. The third kappa shape index (κ3) is 4.74. The minimum absolute atomic E-state index is 0.301. The predicted molar refractivity (Wildman–Crippen MR) is 82.4 cm³/mol. The van der Waals surface area contributed by atoms with Crippen LogP contribution in [-0.4, -0.2) is 54.5 Å². The number of rotatable bonds is 4. The first-order valence-corrected chi connectivity index (χ1v) is 8.30. The van der Waals surface area contributed by atoms with E-state index in [0.717, 1.165) is 50.7 Å². The molecule has 0 aliphatic carbocycles. The van der Waals surface area contributed by atoms with Crippen LogP contribution in [0.15, 0.2) is 0 Å². The normalized spacial score (nSPS) is 29.6. The molecule has 2 unspecified atom stereocenters. The lowest BCUT2D eigenvalue weighted by atomic mass is 9.92. The van der Waals surface area contributed by atoms with Gasteiger partial charge in [-0.3, -0.25) is 4.79 Å². The lowest BCUT2D eigenvalue weighted by molar-refractivity contribution is -0.132. The van der Waals surface area contributed by atoms with Crippen molar-refractivity contribution in [3.05, 3.63) is 0 Å². The van der Waals surface area contributed by atoms with Gasteiger partial charge in [0.15, 0.2) is 0 Å². The number of hydrogen-bond acceptors (Lipinski definition) is 3. The summed E-state index contributed by atoms with van der Waals surface area (Å²) in [5.41, 5.74) is 5.88. The SMILES string of the molecule is CC1CC(C)CN(CCCC(=O)N2CCC(N)CC2)C1. The van der Waals surface area contributed by atoms with E-state index >= 15 is 0 Å². The topological polar surface area (TPSA) is 49.6 Å². The predicted octanol–water partition coefficient (Wildman–Crippen LogP) is 1.69. The van der Waals surface area contributed by atoms with Gasteiger partial charge in [-0.05, 0) is 44.1 Å². The van der Waals surface area contributed by atoms with Crippen molar-refractivity contribution >= 4 is 5.91 Å². The smallest absolute Gasteiger partial charge is 0.222 e. The Balaban J connectivity index is 1.64. The third-order valence-electron chi connectivity index (χ3n) is 4.70. The number of amides is 1. The molecule has 20 heavy (non-hydrogen) atoms. The largest absolute Gasteiger partial charge is 0.343 e. The monoisotopic (exact) mass is 281 g/mol. The fourth-order valence-corrected chi connectivity index (χ4v) is 3.74. The Morgan fingerprint density at radius 2 is 1.75 bits per heavy atom. The van der Waals surface area contributed by atoms with Gasteiger partial charge in [-0.2, -0.15) is 0 Å². The van der Waals surface area contributed by atoms with E-state index in [1.807, 2.05) is 4.90 Å². The number of carbonyl (C=O) groups is 1. The Labute approximate surface area is 123 Å². The first-order chi connectivity index (χ1) is 9.54. The van der Waals surface area contributed by atoms with Gasteiger partial charge in [0.2, 0.25) is 5.91 Å². The first-order valence-electron chi connectivity index (χ1n) is 8.30. The van der Waals surface area contributed by atoms with Crippen molar-refractivity contribution in [3.8, 4) is 0 Å². The van der Waals surface area contributed by atoms with E-state index in [1.54, 1.807) is 0 Å². The van der Waals surface area contributed by atoms with E-state index in [0.29, 0.717) is 18.4 Å². The molecule has 116 valence electrons. The molecule has 2 rings (SSSR count). The summed E-state index contributed by atoms with van der Waals surface area (Å²) in [6.45, 7) is 9.88. The summed E-state index contributed by atoms with van der Waals surface area (Å²) in [7, 11) is 0. The average molecular weight is 281 g/mol. The summed E-state index contributed by atoms with van der Waals surface area (Å²) in [6.07, 6.45) is 4.98. The van der Waals surface area contributed by atoms with Crippen molar-refractivity contribution < 1.29 is 4.79 Å². The van der Waals surface area contributed by atoms with Crippen LogP contribution in [0.3, 0.4) is 0 Å². The van der Waals surface area contributed by atoms with Crippen LogP contribution in [0.1, 0.15) is 46.0 Å². The zero-order valence-corrected chi connectivity index (χ0v) is 13.2. The molecule has 0 radical (unpaired) electrons. The van der Waals surface area contributed by atoms with Gasteiger partial charge in [0.1, 0.15) is 0 Å². The molecular formula is C16H31N3O. The van der Waals surface area contributed by atoms with Gasteiger partial charge in [-0.1, -0.05) is 13.8 Å². The van der Waals surface area contributed by atoms with Crippen LogP contribution in [0.4, 0.5) is 0 Å². The molecule has 0 bridgehead atoms. The fourth-order valence-electron chi connectivity index (χ4n) is 3.74. The van der Waals surface area contributed by atoms with Crippen molar-refractivity contribution in [2.75, 3.05) is 32.7 Å². The maximum atomic E-state index is 12.1. The number of carbonyl (C=O) groups excluding carboxylic acids is 1. The molecule has 0 aromatic carbocycles. The van der Waals surface area contributed by atoms with Gasteiger partial charge in [-0.25, -0.2) is 0 Å². The summed E-state index contributed by atoms with van der Waals surface area (Å²) >= 11 is 0. The molecule has 2 saturated heterocycles. The highest BCUT2D eigenvalue weighted by atomic mass is 16.2. The maximum Gasteiger partial charge on any atom is 0.222 e. The van der Waals surface area contributed by atoms with E-state index in [4.69, 9.17) is 5.73 Å². The molecule has 4 nitrogen and oxygen atoms in total. The van der Waals surface area contributed by atoms with Gasteiger partial charge in [0.05, 0.1) is 0 Å². The second-order valence-electron chi connectivity index (χ2n) is 7.03. The molecule has 2 fully saturated rings. The summed E-state index contributed by atoms with van der Waals surface area (Å²) in [5.74, 6) is 1.94. The van der Waals surface area contributed by atoms with Crippen LogP contribution in [0.2, 0.25) is 0 Å². The van der Waals surface area contributed by atoms with Crippen molar-refractivity contribution in [2.45, 2.75) is 52.0 Å². The van der Waals surface area contributed by atoms with Crippen LogP contribution in [0.25, 0.3) is 0 Å². The number of nitrogens with two attached hydrogens (primary N) is 1. The Hall–Kier alpha value is -0.610. The van der Waals surface area contributed by atoms with E-state index in [-0.39, 0.29) is 0 Å². The molecule has 0 aromatic heterocycles. The highest BCUT2D eigenvalue weighted by Crippen LogP contribution is 2.21. The number of hydrogen-bond donors (Lipinski definition) is 1. The number of nitrogens with zero attached hydrogens (tertiary/aromatic N) is 2. The molecule has 2 aliphatic heterocycles. The standard InChI is InChI=1S/C16H31N3O/c1-13-10-14(2)12-18(11-13)7-3-4-16(20)19-8-5-15(17)6-9-19/h13-15H,3-12,17H2,1-2H3. The summed E-state index contributed by atoms with van der Waals surface area (Å²) < 4.78 is 0. The second-order valence-corrected chi connectivity index (χ2v) is 7.03. The van der Waals surface area contributed by atoms with Gasteiger partial charge in [-0.15, -0.1) is 0 Å². The molecule has 0 saturated carbocycles. The number of likely N-dealkylation sites (tertiary alicyclic amines) is 2. The zero-order chi connectivity index (χ0) is 14.5. The number of piperidine rings is 2. The Morgan fingerprint density at radius 3 is 2.35 bits per heavy atom. The second kappa shape index (κ2) is 7.41. The van der Waals surface area contributed by atoms with Crippen molar-refractivity contribution in [3.63, 3.8) is 0 Å². The van der Waals surface area contributed by atoms with E-state index in [1.165, 1.54) is 19.5 Å². The van der Waals surface area contributed by atoms with Crippen molar-refractivity contribution in [1.82, 2.24) is 9.80 Å². The Morgan fingerprint density at radius 1 is 1.15 bits per heavy atom. The van der Waals surface area contributed by atoms with E-state index < -0.39 is 0 Å². The van der Waals surface area contributed by atoms with Crippen LogP contribution >= 0.6 is 0 Å². The molecule has 0 aromatic rings. The quantitative estimate of drug-likeness (QED) is 0.853. The summed E-state index contributed by atoms with van der Waals surface area (Å²) in [5, 5.41) is 0. The molecule has 2 N–H and O–H groups in total. The first kappa shape index (κ1) is 15.8. The van der Waals surface area contributed by atoms with Gasteiger partial charge in [0, 0.05) is 38.6 Å². The Kier molecular flexibility index (Phi) is 5.85. The van der Waals surface area contributed by atoms with Crippen LogP contribution in [-0.2, 0) is 4.79 Å². The molecule has 2 aliphatic rings. The average Bonchev–Trinajstić information content (AvgIpc) is 2.38. The van der Waals surface area contributed by atoms with Crippen LogP contribution in [0.5, 0.6) is 0 Å². The molecule has 0 spiro atoms. The van der Waals surface area contributed by atoms with Crippen LogP contribution in [0, 0.1) is 11.8 Å². The lowest BCUT2D eigenvalue weighted by Crippen LogP contribution is -2.43. The van der Waals surface area contributed by atoms with E-state index in [9.17, 15) is 4.79 Å². The van der Waals surface area contributed by atoms with Crippen molar-refractivity contribution in [2.24, 2.45) is 17.6 Å². The minimum Gasteiger partial charge on any atom is -0.343 e. The Bertz CT molecular complexity index is 303. The summed E-state index contributed by atoms with van der Waals surface area (Å²) in [4.78, 5) is 16.7. The maximum absolute atomic E-state index is 12.1. The third-order valence-corrected chi connectivity index (χ3v) is 4.70. The van der Waals surface area contributed by atoms with Gasteiger partial charge < -0.3 is 15.5 Å². The minimum atomic E-state index is 0.301. The molecule has 2 atom stereocenters. The van der Waals surface area contributed by atoms with E-state index in [2.05, 4.69) is 18.7 Å². The fraction of sp³-hybridized carbons (Fsp3) is 0.938. The molecule has 4 heteroatoms. The van der Waals surface area contributed by atoms with Gasteiger partial charge >= 0.3 is 0 Å². The lowest BCUT2D eigenvalue weighted by Gasteiger charge is -2.35. The van der Waals surface area contributed by atoms with Crippen molar-refractivity contribution in [1.29, 1.82) is 0 Å². The van der Waals surface area contributed by atoms with Crippen LogP contribution < -0.4 is 5.73 Å². The zero-order valence-electron chi connectivity index (χ0n) is 13.2. The van der Waals surface area contributed by atoms with Gasteiger partial charge in [0.25, 0.3) is 0 Å². The molecule has 1 amide bonds. The molecule has 2 heterocycles.